The fraction of sp³-hybridized carbons (Fsp3) is 0.667. The molecule has 1 aliphatic carbocycles. The summed E-state index contributed by atoms with van der Waals surface area (Å²) in [7, 11) is 3.59. The van der Waals surface area contributed by atoms with E-state index in [-0.39, 0.29) is 5.91 Å². The van der Waals surface area contributed by atoms with Gasteiger partial charge < -0.3 is 10.2 Å². The zero-order valence-electron chi connectivity index (χ0n) is 8.86. The first-order chi connectivity index (χ1) is 7.20. The SMILES string of the molecule is CNc1nnc(C(=O)N(C)CC2CC2)s1. The summed E-state index contributed by atoms with van der Waals surface area (Å²) in [5.41, 5.74) is 0. The molecule has 0 atom stereocenters. The van der Waals surface area contributed by atoms with E-state index in [1.54, 1.807) is 11.9 Å². The summed E-state index contributed by atoms with van der Waals surface area (Å²) in [5, 5.41) is 11.7. The van der Waals surface area contributed by atoms with Crippen molar-refractivity contribution in [3.63, 3.8) is 0 Å². The minimum atomic E-state index is -0.0269. The van der Waals surface area contributed by atoms with Crippen LogP contribution in [0.25, 0.3) is 0 Å². The van der Waals surface area contributed by atoms with Gasteiger partial charge in [-0.15, -0.1) is 10.2 Å². The molecular formula is C9H14N4OS. The molecule has 0 aromatic carbocycles. The molecule has 2 rings (SSSR count). The van der Waals surface area contributed by atoms with E-state index in [0.717, 1.165) is 6.54 Å². The average molecular weight is 226 g/mol. The Morgan fingerprint density at radius 2 is 2.33 bits per heavy atom. The van der Waals surface area contributed by atoms with Gasteiger partial charge in [0.15, 0.2) is 0 Å². The number of amides is 1. The van der Waals surface area contributed by atoms with Gasteiger partial charge in [0.25, 0.3) is 5.91 Å². The van der Waals surface area contributed by atoms with Crippen LogP contribution < -0.4 is 5.32 Å². The third kappa shape index (κ3) is 2.44. The number of carbonyl (C=O) groups is 1. The highest BCUT2D eigenvalue weighted by molar-refractivity contribution is 7.17. The normalized spacial score (nSPS) is 15.1. The van der Waals surface area contributed by atoms with E-state index in [2.05, 4.69) is 15.5 Å². The van der Waals surface area contributed by atoms with E-state index in [1.165, 1.54) is 24.2 Å². The second-order valence-electron chi connectivity index (χ2n) is 3.79. The van der Waals surface area contributed by atoms with Crippen LogP contribution in [0.2, 0.25) is 0 Å². The van der Waals surface area contributed by atoms with Crippen LogP contribution in [0.15, 0.2) is 0 Å². The van der Waals surface area contributed by atoms with Gasteiger partial charge in [-0.05, 0) is 18.8 Å². The number of anilines is 1. The lowest BCUT2D eigenvalue weighted by molar-refractivity contribution is 0.0787. The van der Waals surface area contributed by atoms with Crippen molar-refractivity contribution in [1.29, 1.82) is 0 Å². The van der Waals surface area contributed by atoms with E-state index in [9.17, 15) is 4.79 Å². The standard InChI is InChI=1S/C9H14N4OS/c1-10-9-12-11-7(15-9)8(14)13(2)5-6-3-4-6/h6H,3-5H2,1-2H3,(H,10,12). The van der Waals surface area contributed by atoms with Gasteiger partial charge >= 0.3 is 0 Å². The molecule has 82 valence electrons. The molecule has 1 aliphatic rings. The maximum absolute atomic E-state index is 11.8. The van der Waals surface area contributed by atoms with E-state index in [4.69, 9.17) is 0 Å². The van der Waals surface area contributed by atoms with Crippen LogP contribution in [0.1, 0.15) is 22.6 Å². The largest absolute Gasteiger partial charge is 0.363 e. The topological polar surface area (TPSA) is 58.1 Å². The predicted octanol–water partition coefficient (Wildman–Crippen LogP) is 1.06. The Hall–Kier alpha value is -1.17. The smallest absolute Gasteiger partial charge is 0.284 e. The molecule has 0 bridgehead atoms. The molecule has 0 unspecified atom stereocenters. The van der Waals surface area contributed by atoms with Crippen LogP contribution >= 0.6 is 11.3 Å². The molecule has 1 heterocycles. The van der Waals surface area contributed by atoms with Gasteiger partial charge in [0.2, 0.25) is 10.1 Å². The highest BCUT2D eigenvalue weighted by Gasteiger charge is 2.26. The maximum Gasteiger partial charge on any atom is 0.284 e. The third-order valence-corrected chi connectivity index (χ3v) is 3.33. The quantitative estimate of drug-likeness (QED) is 0.834. The number of aromatic nitrogens is 2. The van der Waals surface area contributed by atoms with Crippen LogP contribution in [0.3, 0.4) is 0 Å². The lowest BCUT2D eigenvalue weighted by Crippen LogP contribution is -2.28. The van der Waals surface area contributed by atoms with Crippen molar-refractivity contribution in [2.75, 3.05) is 26.0 Å². The van der Waals surface area contributed by atoms with Crippen LogP contribution in [-0.4, -0.2) is 41.6 Å². The fourth-order valence-corrected chi connectivity index (χ4v) is 2.04. The molecule has 0 saturated heterocycles. The second kappa shape index (κ2) is 4.14. The van der Waals surface area contributed by atoms with Gasteiger partial charge in [-0.25, -0.2) is 0 Å². The van der Waals surface area contributed by atoms with E-state index in [1.807, 2.05) is 7.05 Å². The molecule has 0 spiro atoms. The van der Waals surface area contributed by atoms with Crippen molar-refractivity contribution in [1.82, 2.24) is 15.1 Å². The Morgan fingerprint density at radius 1 is 1.60 bits per heavy atom. The number of rotatable bonds is 4. The van der Waals surface area contributed by atoms with Crippen LogP contribution in [0, 0.1) is 5.92 Å². The molecule has 1 amide bonds. The summed E-state index contributed by atoms with van der Waals surface area (Å²) in [4.78, 5) is 13.6. The van der Waals surface area contributed by atoms with Gasteiger partial charge in [0.1, 0.15) is 0 Å². The van der Waals surface area contributed by atoms with Crippen molar-refractivity contribution in [2.24, 2.45) is 5.92 Å². The number of nitrogens with one attached hydrogen (secondary N) is 1. The van der Waals surface area contributed by atoms with Crippen molar-refractivity contribution in [3.05, 3.63) is 5.01 Å². The molecule has 1 aromatic rings. The molecule has 15 heavy (non-hydrogen) atoms. The Labute approximate surface area is 92.5 Å². The van der Waals surface area contributed by atoms with Gasteiger partial charge in [-0.1, -0.05) is 11.3 Å². The average Bonchev–Trinajstić information content (AvgIpc) is 2.92. The molecular weight excluding hydrogens is 212 g/mol. The molecule has 1 saturated carbocycles. The van der Waals surface area contributed by atoms with Gasteiger partial charge in [0.05, 0.1) is 0 Å². The highest BCUT2D eigenvalue weighted by Crippen LogP contribution is 2.29. The predicted molar refractivity (Wildman–Crippen MR) is 59.1 cm³/mol. The summed E-state index contributed by atoms with van der Waals surface area (Å²) in [6.45, 7) is 0.841. The van der Waals surface area contributed by atoms with Crippen LogP contribution in [-0.2, 0) is 0 Å². The Balaban J connectivity index is 1.98. The zero-order valence-corrected chi connectivity index (χ0v) is 9.67. The van der Waals surface area contributed by atoms with Crippen LogP contribution in [0.4, 0.5) is 5.13 Å². The molecule has 0 radical (unpaired) electrons. The first kappa shape index (κ1) is 10.4. The first-order valence-corrected chi connectivity index (χ1v) is 5.79. The molecule has 1 fully saturated rings. The molecule has 5 nitrogen and oxygen atoms in total. The highest BCUT2D eigenvalue weighted by atomic mass is 32.1. The number of nitrogens with zero attached hydrogens (tertiary/aromatic N) is 3. The van der Waals surface area contributed by atoms with Crippen LogP contribution in [0.5, 0.6) is 0 Å². The molecule has 1 N–H and O–H groups in total. The maximum atomic E-state index is 11.8. The summed E-state index contributed by atoms with van der Waals surface area (Å²) in [6, 6.07) is 0. The van der Waals surface area contributed by atoms with Gasteiger partial charge in [-0.3, -0.25) is 4.79 Å². The van der Waals surface area contributed by atoms with Crippen molar-refractivity contribution < 1.29 is 4.79 Å². The number of carbonyl (C=O) groups excluding carboxylic acids is 1. The molecule has 6 heteroatoms. The van der Waals surface area contributed by atoms with Gasteiger partial charge in [-0.2, -0.15) is 0 Å². The summed E-state index contributed by atoms with van der Waals surface area (Å²) >= 11 is 1.29. The Kier molecular flexibility index (Phi) is 2.86. The fourth-order valence-electron chi connectivity index (χ4n) is 1.34. The van der Waals surface area contributed by atoms with E-state index in [0.29, 0.717) is 16.1 Å². The first-order valence-electron chi connectivity index (χ1n) is 4.97. The number of hydrogen-bond acceptors (Lipinski definition) is 5. The van der Waals surface area contributed by atoms with E-state index >= 15 is 0 Å². The summed E-state index contributed by atoms with van der Waals surface area (Å²) < 4.78 is 0. The van der Waals surface area contributed by atoms with Crippen molar-refractivity contribution in [2.45, 2.75) is 12.8 Å². The third-order valence-electron chi connectivity index (χ3n) is 2.40. The molecule has 1 aromatic heterocycles. The van der Waals surface area contributed by atoms with Gasteiger partial charge in [0, 0.05) is 20.6 Å². The summed E-state index contributed by atoms with van der Waals surface area (Å²) in [6.07, 6.45) is 2.49. The lowest BCUT2D eigenvalue weighted by atomic mass is 10.4. The number of hydrogen-bond donors (Lipinski definition) is 1. The minimum Gasteiger partial charge on any atom is -0.363 e. The summed E-state index contributed by atoms with van der Waals surface area (Å²) in [5.74, 6) is 0.677. The monoisotopic (exact) mass is 226 g/mol. The zero-order chi connectivity index (χ0) is 10.8. The van der Waals surface area contributed by atoms with E-state index < -0.39 is 0 Å². The Morgan fingerprint density at radius 3 is 2.87 bits per heavy atom. The lowest BCUT2D eigenvalue weighted by Gasteiger charge is -2.14. The van der Waals surface area contributed by atoms with Crippen molar-refractivity contribution in [3.8, 4) is 0 Å². The second-order valence-corrected chi connectivity index (χ2v) is 4.77. The van der Waals surface area contributed by atoms with Crippen molar-refractivity contribution >= 4 is 22.4 Å². The minimum absolute atomic E-state index is 0.0269. The Bertz CT molecular complexity index is 361. The molecule has 0 aliphatic heterocycles.